The van der Waals surface area contributed by atoms with E-state index in [9.17, 15) is 10.2 Å². The minimum absolute atomic E-state index is 0. The Morgan fingerprint density at radius 3 is 1.08 bits per heavy atom. The number of nitrogens with two attached hydrogens (primary N) is 2. The van der Waals surface area contributed by atoms with Crippen LogP contribution in [0.25, 0.3) is 0 Å². The molecule has 0 spiro atoms. The van der Waals surface area contributed by atoms with Crippen molar-refractivity contribution in [3.8, 4) is 11.5 Å². The van der Waals surface area contributed by atoms with Crippen LogP contribution in [0.2, 0.25) is 0 Å². The van der Waals surface area contributed by atoms with Gasteiger partial charge in [0, 0.05) is 88.1 Å². The fourth-order valence-electron chi connectivity index (χ4n) is 6.16. The van der Waals surface area contributed by atoms with Crippen LogP contribution in [-0.2, 0) is 25.9 Å². The molecule has 2 radical (unpaired) electrons. The molecule has 2 aromatic rings. The van der Waals surface area contributed by atoms with Gasteiger partial charge >= 0.3 is 0 Å². The van der Waals surface area contributed by atoms with Crippen molar-refractivity contribution in [3.05, 3.63) is 58.7 Å². The molecule has 6 nitrogen and oxygen atoms in total. The number of phenolic OH excluding ortho intramolecular Hbond substituents is 2. The number of unbranched alkanes of at least 4 members (excludes halogenated alkanes) is 18. The third kappa shape index (κ3) is 27.5. The number of aromatic hydroxyl groups is 2. The van der Waals surface area contributed by atoms with Gasteiger partial charge in [-0.05, 0) is 48.9 Å². The molecule has 0 amide bonds. The van der Waals surface area contributed by atoms with Crippen LogP contribution in [0.4, 0.5) is 0 Å². The van der Waals surface area contributed by atoms with Crippen LogP contribution in [0.1, 0.15) is 165 Å². The number of nitrogens with one attached hydrogen (secondary N) is 2. The molecular weight excluding hydrogens is 633 g/mol. The maximum atomic E-state index is 9.91. The molecule has 0 atom stereocenters. The molecular formula is C42H76CaN4O2. The number of aryl methyl sites for hydroxylation is 2. The summed E-state index contributed by atoms with van der Waals surface area (Å²) in [6, 6.07) is 12.0. The zero-order chi connectivity index (χ0) is 34.9. The molecule has 2 aromatic carbocycles. The van der Waals surface area contributed by atoms with Crippen LogP contribution in [-0.4, -0.2) is 74.1 Å². The molecule has 0 fully saturated rings. The molecule has 0 aromatic heterocycles. The van der Waals surface area contributed by atoms with Gasteiger partial charge in [0.05, 0.1) is 0 Å². The van der Waals surface area contributed by atoms with Crippen LogP contribution in [0, 0.1) is 0 Å². The maximum absolute atomic E-state index is 9.91. The van der Waals surface area contributed by atoms with E-state index in [0.29, 0.717) is 37.7 Å². The fraction of sp³-hybridized carbons (Fsp3) is 0.714. The number of phenols is 2. The largest absolute Gasteiger partial charge is 0.508 e. The summed E-state index contributed by atoms with van der Waals surface area (Å²) in [5.41, 5.74) is 15.6. The summed E-state index contributed by atoms with van der Waals surface area (Å²) >= 11 is 0. The van der Waals surface area contributed by atoms with Gasteiger partial charge in [0.2, 0.25) is 0 Å². The first-order valence-electron chi connectivity index (χ1n) is 20.0. The molecule has 0 aliphatic rings. The quantitative estimate of drug-likeness (QED) is 0.0356. The molecule has 7 heteroatoms. The van der Waals surface area contributed by atoms with Crippen molar-refractivity contribution in [1.82, 2.24) is 10.6 Å². The SMILES string of the molecule is CCCCCCCCCCCCc1ccc(O)c(CNCCN)c1.CCCCCCCCCCCCc1ccc(O)c(CNCCN)c1.[Ca]. The van der Waals surface area contributed by atoms with Gasteiger partial charge in [-0.1, -0.05) is 154 Å². The first kappa shape index (κ1) is 48.1. The molecule has 2 rings (SSSR count). The zero-order valence-electron chi connectivity index (χ0n) is 32.0. The van der Waals surface area contributed by atoms with Crippen molar-refractivity contribution in [2.75, 3.05) is 26.2 Å². The van der Waals surface area contributed by atoms with E-state index in [-0.39, 0.29) is 37.7 Å². The van der Waals surface area contributed by atoms with Crippen LogP contribution < -0.4 is 22.1 Å². The van der Waals surface area contributed by atoms with Gasteiger partial charge in [-0.15, -0.1) is 0 Å². The third-order valence-corrected chi connectivity index (χ3v) is 9.20. The normalized spacial score (nSPS) is 10.9. The van der Waals surface area contributed by atoms with Gasteiger partial charge in [0.25, 0.3) is 0 Å². The molecule has 8 N–H and O–H groups in total. The van der Waals surface area contributed by atoms with Crippen molar-refractivity contribution >= 4 is 37.7 Å². The second-order valence-corrected chi connectivity index (χ2v) is 13.7. The maximum Gasteiger partial charge on any atom is 0.120 e. The van der Waals surface area contributed by atoms with E-state index in [4.69, 9.17) is 11.5 Å². The summed E-state index contributed by atoms with van der Waals surface area (Å²) < 4.78 is 0. The van der Waals surface area contributed by atoms with Gasteiger partial charge in [-0.25, -0.2) is 0 Å². The summed E-state index contributed by atoms with van der Waals surface area (Å²) in [5, 5.41) is 26.3. The minimum atomic E-state index is 0. The average molecular weight is 709 g/mol. The Balaban J connectivity index is 0.000000922. The number of benzene rings is 2. The Morgan fingerprint density at radius 2 is 0.776 bits per heavy atom. The van der Waals surface area contributed by atoms with E-state index in [1.54, 1.807) is 0 Å². The molecule has 49 heavy (non-hydrogen) atoms. The first-order chi connectivity index (χ1) is 23.5. The van der Waals surface area contributed by atoms with Crippen molar-refractivity contribution in [2.45, 2.75) is 168 Å². The van der Waals surface area contributed by atoms with E-state index in [0.717, 1.165) is 37.1 Å². The van der Waals surface area contributed by atoms with E-state index in [1.165, 1.54) is 140 Å². The Bertz CT molecular complexity index is 927. The Hall–Kier alpha value is -0.860. The molecule has 0 aliphatic heterocycles. The van der Waals surface area contributed by atoms with E-state index in [1.807, 2.05) is 12.1 Å². The summed E-state index contributed by atoms with van der Waals surface area (Å²) in [7, 11) is 0. The van der Waals surface area contributed by atoms with Crippen molar-refractivity contribution in [2.24, 2.45) is 11.5 Å². The molecule has 0 saturated heterocycles. The van der Waals surface area contributed by atoms with Crippen LogP contribution >= 0.6 is 0 Å². The zero-order valence-corrected chi connectivity index (χ0v) is 34.2. The van der Waals surface area contributed by atoms with Crippen LogP contribution in [0.15, 0.2) is 36.4 Å². The van der Waals surface area contributed by atoms with E-state index >= 15 is 0 Å². The summed E-state index contributed by atoms with van der Waals surface area (Å²) in [5.74, 6) is 0.762. The second-order valence-electron chi connectivity index (χ2n) is 13.7. The van der Waals surface area contributed by atoms with E-state index < -0.39 is 0 Å². The second kappa shape index (κ2) is 35.5. The summed E-state index contributed by atoms with van der Waals surface area (Å²) in [6.45, 7) is 8.73. The van der Waals surface area contributed by atoms with Gasteiger partial charge in [0.15, 0.2) is 0 Å². The number of hydrogen-bond donors (Lipinski definition) is 6. The van der Waals surface area contributed by atoms with Gasteiger partial charge in [-0.2, -0.15) is 0 Å². The molecule has 0 unspecified atom stereocenters. The molecule has 0 bridgehead atoms. The van der Waals surface area contributed by atoms with Crippen molar-refractivity contribution in [1.29, 1.82) is 0 Å². The minimum Gasteiger partial charge on any atom is -0.508 e. The molecule has 278 valence electrons. The summed E-state index contributed by atoms with van der Waals surface area (Å²) in [6.07, 6.45) is 29.6. The number of rotatable bonds is 30. The predicted molar refractivity (Wildman–Crippen MR) is 215 cm³/mol. The smallest absolute Gasteiger partial charge is 0.120 e. The van der Waals surface area contributed by atoms with Crippen LogP contribution in [0.5, 0.6) is 11.5 Å². The Morgan fingerprint density at radius 1 is 0.469 bits per heavy atom. The van der Waals surface area contributed by atoms with E-state index in [2.05, 4.69) is 48.7 Å². The molecule has 0 saturated carbocycles. The van der Waals surface area contributed by atoms with Crippen LogP contribution in [0.3, 0.4) is 0 Å². The topological polar surface area (TPSA) is 117 Å². The monoisotopic (exact) mass is 709 g/mol. The summed E-state index contributed by atoms with van der Waals surface area (Å²) in [4.78, 5) is 0. The molecule has 0 aliphatic carbocycles. The van der Waals surface area contributed by atoms with Crippen molar-refractivity contribution < 1.29 is 10.2 Å². The van der Waals surface area contributed by atoms with Gasteiger partial charge in [-0.3, -0.25) is 0 Å². The van der Waals surface area contributed by atoms with Gasteiger partial charge < -0.3 is 32.3 Å². The predicted octanol–water partition coefficient (Wildman–Crippen LogP) is 9.43. The number of hydrogen-bond acceptors (Lipinski definition) is 6. The average Bonchev–Trinajstić information content (AvgIpc) is 3.09. The Labute approximate surface area is 332 Å². The standard InChI is InChI=1S/2C21H38N2O.Ca/c2*1-2-3-4-5-6-7-8-9-10-11-12-19-13-14-21(24)20(17-19)18-23-16-15-22;/h2*13-14,17,23-24H,2-12,15-16,18,22H2,1H3;. The van der Waals surface area contributed by atoms with Gasteiger partial charge in [0.1, 0.15) is 11.5 Å². The molecule has 0 heterocycles. The third-order valence-electron chi connectivity index (χ3n) is 9.20. The first-order valence-corrected chi connectivity index (χ1v) is 20.0. The fourth-order valence-corrected chi connectivity index (χ4v) is 6.16. The van der Waals surface area contributed by atoms with Crippen molar-refractivity contribution in [3.63, 3.8) is 0 Å². The Kier molecular flexibility index (Phi) is 34.9.